The minimum Gasteiger partial charge on any atom is -0.226 e. The molecule has 0 atom stereocenters. The van der Waals surface area contributed by atoms with Crippen molar-refractivity contribution < 1.29 is 0 Å². The molecule has 2 aromatic carbocycles. The topological polar surface area (TPSA) is 25.8 Å². The molecule has 124 valence electrons. The molecule has 3 aromatic rings. The zero-order valence-corrected chi connectivity index (χ0v) is 16.8. The molecule has 0 aliphatic heterocycles. The maximum absolute atomic E-state index is 4.80. The standard InChI is InChI=1S/C22H13Br2N2/c23-18-10-6-15(7-11-18)20-14-21(16-8-12-19(24)13-9-16)26-22(25-20)17-4-2-1-3-5-17/h2-14H/q+1. The number of rotatable bonds is 3. The summed E-state index contributed by atoms with van der Waals surface area (Å²) < 4.78 is 2.09. The third-order valence-corrected chi connectivity index (χ3v) is 5.04. The maximum atomic E-state index is 4.80. The van der Waals surface area contributed by atoms with Crippen LogP contribution in [-0.2, 0) is 0 Å². The Balaban J connectivity index is 1.88. The Hall–Kier alpha value is -2.39. The molecular weight excluding hydrogens is 452 g/mol. The molecule has 2 nitrogen and oxygen atoms in total. The Morgan fingerprint density at radius 2 is 1.27 bits per heavy atom. The number of halogens is 2. The van der Waals surface area contributed by atoms with E-state index in [1.807, 2.05) is 54.6 Å². The van der Waals surface area contributed by atoms with Crippen LogP contribution in [-0.4, -0.2) is 9.97 Å². The van der Waals surface area contributed by atoms with Gasteiger partial charge in [-0.05, 0) is 30.3 Å². The summed E-state index contributed by atoms with van der Waals surface area (Å²) >= 11 is 6.97. The van der Waals surface area contributed by atoms with Crippen LogP contribution in [0.3, 0.4) is 0 Å². The van der Waals surface area contributed by atoms with Crippen LogP contribution < -0.4 is 0 Å². The molecule has 0 spiro atoms. The van der Waals surface area contributed by atoms with Crippen molar-refractivity contribution in [3.05, 3.63) is 99.7 Å². The van der Waals surface area contributed by atoms with Crippen molar-refractivity contribution in [1.29, 1.82) is 0 Å². The highest BCUT2D eigenvalue weighted by molar-refractivity contribution is 9.10. The first kappa shape index (κ1) is 17.0. The Kier molecular flexibility index (Phi) is 4.89. The number of hydrogen-bond acceptors (Lipinski definition) is 2. The van der Waals surface area contributed by atoms with Crippen LogP contribution in [0.25, 0.3) is 28.1 Å². The monoisotopic (exact) mass is 463 g/mol. The Labute approximate surface area is 169 Å². The minimum absolute atomic E-state index is 0.706. The molecule has 0 saturated carbocycles. The summed E-state index contributed by atoms with van der Waals surface area (Å²) in [4.78, 5) is 9.59. The summed E-state index contributed by atoms with van der Waals surface area (Å²) in [5.74, 6) is 0.706. The summed E-state index contributed by atoms with van der Waals surface area (Å²) in [6, 6.07) is 18.3. The highest BCUT2D eigenvalue weighted by Crippen LogP contribution is 2.28. The van der Waals surface area contributed by atoms with Crippen molar-refractivity contribution in [1.82, 2.24) is 9.97 Å². The molecular formula is C22H13Br2N2+. The van der Waals surface area contributed by atoms with E-state index in [4.69, 9.17) is 9.97 Å². The molecule has 26 heavy (non-hydrogen) atoms. The Morgan fingerprint density at radius 3 is 1.73 bits per heavy atom. The lowest BCUT2D eigenvalue weighted by Gasteiger charge is -2.08. The summed E-state index contributed by atoms with van der Waals surface area (Å²) in [7, 11) is 0. The molecule has 0 bridgehead atoms. The normalized spacial score (nSPS) is 12.6. The van der Waals surface area contributed by atoms with Crippen LogP contribution in [0.1, 0.15) is 5.82 Å². The predicted molar refractivity (Wildman–Crippen MR) is 113 cm³/mol. The quantitative estimate of drug-likeness (QED) is 0.405. The largest absolute Gasteiger partial charge is 0.226 e. The summed E-state index contributed by atoms with van der Waals surface area (Å²) in [5, 5.41) is 0. The van der Waals surface area contributed by atoms with Gasteiger partial charge in [0.15, 0.2) is 5.82 Å². The zero-order chi connectivity index (χ0) is 17.9. The number of benzene rings is 2. The molecule has 1 aliphatic rings. The average molecular weight is 465 g/mol. The van der Waals surface area contributed by atoms with Crippen LogP contribution in [0.5, 0.6) is 0 Å². The SMILES string of the molecule is Brc1ccc(-c2cc(-c3ccc(Br)cc3)nc(C3=CC=[C+]C=C3)n2)cc1. The summed E-state index contributed by atoms with van der Waals surface area (Å²) in [6.07, 6.45) is 10.8. The maximum Gasteiger partial charge on any atom is 0.187 e. The third kappa shape index (κ3) is 3.73. The summed E-state index contributed by atoms with van der Waals surface area (Å²) in [5.41, 5.74) is 4.87. The van der Waals surface area contributed by atoms with Gasteiger partial charge in [0.25, 0.3) is 0 Å². The van der Waals surface area contributed by atoms with E-state index in [9.17, 15) is 0 Å². The lowest BCUT2D eigenvalue weighted by Crippen LogP contribution is -1.99. The summed E-state index contributed by atoms with van der Waals surface area (Å²) in [6.45, 7) is 0. The van der Waals surface area contributed by atoms with Crippen LogP contribution in [0.4, 0.5) is 0 Å². The fourth-order valence-corrected chi connectivity index (χ4v) is 3.18. The van der Waals surface area contributed by atoms with Gasteiger partial charge in [0, 0.05) is 26.1 Å². The molecule has 0 radical (unpaired) electrons. The lowest BCUT2D eigenvalue weighted by molar-refractivity contribution is 1.13. The molecule has 0 fully saturated rings. The van der Waals surface area contributed by atoms with Gasteiger partial charge in [-0.1, -0.05) is 56.1 Å². The molecule has 0 unspecified atom stereocenters. The van der Waals surface area contributed by atoms with Gasteiger partial charge < -0.3 is 0 Å². The van der Waals surface area contributed by atoms with Gasteiger partial charge in [0.05, 0.1) is 23.5 Å². The van der Waals surface area contributed by atoms with E-state index in [0.717, 1.165) is 37.0 Å². The first-order chi connectivity index (χ1) is 12.7. The van der Waals surface area contributed by atoms with Crippen LogP contribution >= 0.6 is 31.9 Å². The van der Waals surface area contributed by atoms with Crippen molar-refractivity contribution in [3.8, 4) is 22.5 Å². The molecule has 0 N–H and O–H groups in total. The van der Waals surface area contributed by atoms with Crippen LogP contribution in [0.2, 0.25) is 0 Å². The second-order valence-corrected chi connectivity index (χ2v) is 7.60. The molecule has 1 aliphatic carbocycles. The van der Waals surface area contributed by atoms with Crippen molar-refractivity contribution in [2.24, 2.45) is 0 Å². The van der Waals surface area contributed by atoms with Gasteiger partial charge in [-0.25, -0.2) is 9.97 Å². The first-order valence-corrected chi connectivity index (χ1v) is 9.65. The van der Waals surface area contributed by atoms with Crippen LogP contribution in [0.15, 0.2) is 87.8 Å². The van der Waals surface area contributed by atoms with Gasteiger partial charge in [-0.2, -0.15) is 0 Å². The molecule has 0 saturated heterocycles. The fraction of sp³-hybridized carbons (Fsp3) is 0. The van der Waals surface area contributed by atoms with Gasteiger partial charge in [0.1, 0.15) is 17.7 Å². The third-order valence-electron chi connectivity index (χ3n) is 3.98. The number of hydrogen-bond donors (Lipinski definition) is 0. The van der Waals surface area contributed by atoms with Crippen molar-refractivity contribution in [3.63, 3.8) is 0 Å². The van der Waals surface area contributed by atoms with E-state index in [2.05, 4.69) is 62.2 Å². The van der Waals surface area contributed by atoms with E-state index in [1.165, 1.54) is 0 Å². The second kappa shape index (κ2) is 7.46. The van der Waals surface area contributed by atoms with Gasteiger partial charge in [-0.3, -0.25) is 0 Å². The second-order valence-electron chi connectivity index (χ2n) is 5.76. The highest BCUT2D eigenvalue weighted by atomic mass is 79.9. The molecule has 4 heteroatoms. The number of aromatic nitrogens is 2. The van der Waals surface area contributed by atoms with Gasteiger partial charge in [0.2, 0.25) is 0 Å². The van der Waals surface area contributed by atoms with E-state index in [0.29, 0.717) is 5.82 Å². The lowest BCUT2D eigenvalue weighted by atomic mass is 10.1. The van der Waals surface area contributed by atoms with Crippen molar-refractivity contribution in [2.45, 2.75) is 0 Å². The first-order valence-electron chi connectivity index (χ1n) is 8.06. The molecule has 0 amide bonds. The molecule has 4 rings (SSSR count). The minimum atomic E-state index is 0.706. The van der Waals surface area contributed by atoms with E-state index >= 15 is 0 Å². The number of nitrogens with zero attached hydrogens (tertiary/aromatic N) is 2. The van der Waals surface area contributed by atoms with Crippen molar-refractivity contribution >= 4 is 37.4 Å². The fourth-order valence-electron chi connectivity index (χ4n) is 2.65. The molecule has 1 aromatic heterocycles. The molecule has 1 heterocycles. The Bertz CT molecular complexity index is 967. The average Bonchev–Trinajstić information content (AvgIpc) is 2.69. The Morgan fingerprint density at radius 1 is 0.731 bits per heavy atom. The van der Waals surface area contributed by atoms with Crippen LogP contribution in [0, 0.1) is 6.08 Å². The predicted octanol–water partition coefficient (Wildman–Crippen LogP) is 6.65. The van der Waals surface area contributed by atoms with E-state index in [1.54, 1.807) is 0 Å². The van der Waals surface area contributed by atoms with Gasteiger partial charge in [-0.15, -0.1) is 0 Å². The highest BCUT2D eigenvalue weighted by Gasteiger charge is 2.14. The smallest absolute Gasteiger partial charge is 0.187 e. The van der Waals surface area contributed by atoms with Gasteiger partial charge >= 0.3 is 0 Å². The number of allylic oxidation sites excluding steroid dienone is 6. The van der Waals surface area contributed by atoms with Crippen molar-refractivity contribution in [2.75, 3.05) is 0 Å². The van der Waals surface area contributed by atoms with E-state index < -0.39 is 0 Å². The zero-order valence-electron chi connectivity index (χ0n) is 13.7. The van der Waals surface area contributed by atoms with E-state index in [-0.39, 0.29) is 0 Å².